The summed E-state index contributed by atoms with van der Waals surface area (Å²) in [6.45, 7) is 2.28. The van der Waals surface area contributed by atoms with Crippen molar-refractivity contribution in [3.63, 3.8) is 0 Å². The number of aliphatic hydroxyl groups is 1. The lowest BCUT2D eigenvalue weighted by molar-refractivity contribution is -0.122. The molecule has 1 aliphatic carbocycles. The van der Waals surface area contributed by atoms with E-state index in [9.17, 15) is 9.90 Å². The molecule has 0 heterocycles. The van der Waals surface area contributed by atoms with Crippen LogP contribution in [0.2, 0.25) is 0 Å². The zero-order valence-corrected chi connectivity index (χ0v) is 9.46. The first-order chi connectivity index (χ1) is 7.02. The molecule has 0 saturated heterocycles. The summed E-state index contributed by atoms with van der Waals surface area (Å²) >= 11 is 0. The predicted molar refractivity (Wildman–Crippen MR) is 59.3 cm³/mol. The third kappa shape index (κ3) is 4.62. The summed E-state index contributed by atoms with van der Waals surface area (Å²) in [6.07, 6.45) is 4.89. The molecule has 0 aromatic heterocycles. The van der Waals surface area contributed by atoms with Crippen LogP contribution in [-0.4, -0.2) is 29.2 Å². The van der Waals surface area contributed by atoms with Crippen LogP contribution in [0.1, 0.15) is 45.4 Å². The SMILES string of the molecule is CC(N)CCC(=O)NCC1(O)CCCC1. The molecule has 4 N–H and O–H groups in total. The molecule has 4 nitrogen and oxygen atoms in total. The summed E-state index contributed by atoms with van der Waals surface area (Å²) in [5.41, 5.74) is 4.91. The quantitative estimate of drug-likeness (QED) is 0.625. The number of amides is 1. The molecule has 1 saturated carbocycles. The van der Waals surface area contributed by atoms with Crippen LogP contribution >= 0.6 is 0 Å². The highest BCUT2D eigenvalue weighted by molar-refractivity contribution is 5.75. The number of nitrogens with one attached hydrogen (secondary N) is 1. The minimum Gasteiger partial charge on any atom is -0.388 e. The zero-order chi connectivity index (χ0) is 11.3. The van der Waals surface area contributed by atoms with Crippen molar-refractivity contribution in [1.29, 1.82) is 0 Å². The summed E-state index contributed by atoms with van der Waals surface area (Å²) in [7, 11) is 0. The molecule has 0 aromatic carbocycles. The van der Waals surface area contributed by atoms with Gasteiger partial charge in [0.1, 0.15) is 0 Å². The Bertz CT molecular complexity index is 211. The van der Waals surface area contributed by atoms with Gasteiger partial charge in [-0.15, -0.1) is 0 Å². The highest BCUT2D eigenvalue weighted by Crippen LogP contribution is 2.28. The second kappa shape index (κ2) is 5.47. The Hall–Kier alpha value is -0.610. The molecule has 0 radical (unpaired) electrons. The molecule has 0 aromatic rings. The van der Waals surface area contributed by atoms with Crippen molar-refractivity contribution in [3.05, 3.63) is 0 Å². The number of hydrogen-bond donors (Lipinski definition) is 3. The molecule has 0 aliphatic heterocycles. The van der Waals surface area contributed by atoms with Crippen LogP contribution in [0.25, 0.3) is 0 Å². The number of rotatable bonds is 5. The minimum absolute atomic E-state index is 0.00683. The largest absolute Gasteiger partial charge is 0.388 e. The fourth-order valence-electron chi connectivity index (χ4n) is 1.92. The minimum atomic E-state index is -0.649. The van der Waals surface area contributed by atoms with Crippen molar-refractivity contribution >= 4 is 5.91 Å². The first-order valence-corrected chi connectivity index (χ1v) is 5.76. The summed E-state index contributed by atoms with van der Waals surface area (Å²) in [5, 5.41) is 12.8. The molecular formula is C11H22N2O2. The molecule has 88 valence electrons. The predicted octanol–water partition coefficient (Wildman–Crippen LogP) is 0.535. The molecule has 1 rings (SSSR count). The average Bonchev–Trinajstić information content (AvgIpc) is 2.60. The molecular weight excluding hydrogens is 192 g/mol. The summed E-state index contributed by atoms with van der Waals surface area (Å²) in [6, 6.07) is 0.0605. The Kier molecular flexibility index (Phi) is 4.54. The Morgan fingerprint density at radius 1 is 1.53 bits per heavy atom. The molecule has 1 aliphatic rings. The van der Waals surface area contributed by atoms with Gasteiger partial charge in [0, 0.05) is 19.0 Å². The van der Waals surface area contributed by atoms with Gasteiger partial charge in [0.2, 0.25) is 5.91 Å². The first-order valence-electron chi connectivity index (χ1n) is 5.76. The van der Waals surface area contributed by atoms with E-state index in [4.69, 9.17) is 5.73 Å². The maximum absolute atomic E-state index is 11.4. The standard InChI is InChI=1S/C11H22N2O2/c1-9(12)4-5-10(14)13-8-11(15)6-2-3-7-11/h9,15H,2-8,12H2,1H3,(H,13,14). The Morgan fingerprint density at radius 2 is 2.13 bits per heavy atom. The van der Waals surface area contributed by atoms with Crippen LogP contribution in [0.5, 0.6) is 0 Å². The van der Waals surface area contributed by atoms with Gasteiger partial charge in [-0.05, 0) is 26.2 Å². The molecule has 1 fully saturated rings. The zero-order valence-electron chi connectivity index (χ0n) is 9.46. The van der Waals surface area contributed by atoms with Crippen molar-refractivity contribution in [2.45, 2.75) is 57.1 Å². The number of nitrogens with two attached hydrogens (primary N) is 1. The van der Waals surface area contributed by atoms with Gasteiger partial charge in [-0.1, -0.05) is 12.8 Å². The lowest BCUT2D eigenvalue weighted by atomic mass is 10.0. The van der Waals surface area contributed by atoms with E-state index < -0.39 is 5.60 Å². The van der Waals surface area contributed by atoms with E-state index in [0.29, 0.717) is 19.4 Å². The van der Waals surface area contributed by atoms with Crippen LogP contribution < -0.4 is 11.1 Å². The van der Waals surface area contributed by atoms with E-state index >= 15 is 0 Å². The lowest BCUT2D eigenvalue weighted by Crippen LogP contribution is -2.41. The molecule has 1 unspecified atom stereocenters. The third-order valence-electron chi connectivity index (χ3n) is 2.98. The highest BCUT2D eigenvalue weighted by atomic mass is 16.3. The van der Waals surface area contributed by atoms with Crippen molar-refractivity contribution in [2.24, 2.45) is 5.73 Å². The van der Waals surface area contributed by atoms with Crippen LogP contribution in [0.15, 0.2) is 0 Å². The molecule has 4 heteroatoms. The van der Waals surface area contributed by atoms with Crippen molar-refractivity contribution in [1.82, 2.24) is 5.32 Å². The fourth-order valence-corrected chi connectivity index (χ4v) is 1.92. The second-order valence-corrected chi connectivity index (χ2v) is 4.72. The van der Waals surface area contributed by atoms with E-state index in [1.807, 2.05) is 6.92 Å². The fraction of sp³-hybridized carbons (Fsp3) is 0.909. The Labute approximate surface area is 91.2 Å². The van der Waals surface area contributed by atoms with Crippen molar-refractivity contribution in [3.8, 4) is 0 Å². The van der Waals surface area contributed by atoms with Gasteiger partial charge < -0.3 is 16.2 Å². The van der Waals surface area contributed by atoms with E-state index in [-0.39, 0.29) is 11.9 Å². The number of carbonyl (C=O) groups is 1. The molecule has 15 heavy (non-hydrogen) atoms. The van der Waals surface area contributed by atoms with Crippen LogP contribution in [0.4, 0.5) is 0 Å². The van der Waals surface area contributed by atoms with Gasteiger partial charge in [-0.3, -0.25) is 4.79 Å². The van der Waals surface area contributed by atoms with E-state index in [1.165, 1.54) is 0 Å². The molecule has 0 spiro atoms. The number of carbonyl (C=O) groups excluding carboxylic acids is 1. The van der Waals surface area contributed by atoms with E-state index in [1.54, 1.807) is 0 Å². The molecule has 0 bridgehead atoms. The van der Waals surface area contributed by atoms with Gasteiger partial charge in [0.05, 0.1) is 5.60 Å². The maximum Gasteiger partial charge on any atom is 0.220 e. The van der Waals surface area contributed by atoms with Crippen LogP contribution in [0.3, 0.4) is 0 Å². The van der Waals surface area contributed by atoms with Gasteiger partial charge in [0.15, 0.2) is 0 Å². The number of hydrogen-bond acceptors (Lipinski definition) is 3. The molecule has 1 atom stereocenters. The summed E-state index contributed by atoms with van der Waals surface area (Å²) in [4.78, 5) is 11.4. The average molecular weight is 214 g/mol. The van der Waals surface area contributed by atoms with Gasteiger partial charge in [0.25, 0.3) is 0 Å². The van der Waals surface area contributed by atoms with Crippen LogP contribution in [-0.2, 0) is 4.79 Å². The van der Waals surface area contributed by atoms with E-state index in [2.05, 4.69) is 5.32 Å². The summed E-state index contributed by atoms with van der Waals surface area (Å²) < 4.78 is 0. The second-order valence-electron chi connectivity index (χ2n) is 4.72. The van der Waals surface area contributed by atoms with Gasteiger partial charge in [-0.2, -0.15) is 0 Å². The van der Waals surface area contributed by atoms with Gasteiger partial charge >= 0.3 is 0 Å². The van der Waals surface area contributed by atoms with Gasteiger partial charge in [-0.25, -0.2) is 0 Å². The Morgan fingerprint density at radius 3 is 2.67 bits per heavy atom. The van der Waals surface area contributed by atoms with Crippen molar-refractivity contribution in [2.75, 3.05) is 6.54 Å². The van der Waals surface area contributed by atoms with E-state index in [0.717, 1.165) is 25.7 Å². The monoisotopic (exact) mass is 214 g/mol. The highest BCUT2D eigenvalue weighted by Gasteiger charge is 2.31. The Balaban J connectivity index is 2.16. The normalized spacial score (nSPS) is 21.3. The third-order valence-corrected chi connectivity index (χ3v) is 2.98. The van der Waals surface area contributed by atoms with Crippen LogP contribution in [0, 0.1) is 0 Å². The first kappa shape index (κ1) is 12.5. The maximum atomic E-state index is 11.4. The summed E-state index contributed by atoms with van der Waals surface area (Å²) in [5.74, 6) is -0.00683. The smallest absolute Gasteiger partial charge is 0.220 e. The topological polar surface area (TPSA) is 75.4 Å². The molecule has 1 amide bonds. The lowest BCUT2D eigenvalue weighted by Gasteiger charge is -2.22. The van der Waals surface area contributed by atoms with Crippen molar-refractivity contribution < 1.29 is 9.90 Å².